The fourth-order valence-corrected chi connectivity index (χ4v) is 2.32. The Morgan fingerprint density at radius 3 is 2.83 bits per heavy atom. The van der Waals surface area contributed by atoms with Gasteiger partial charge in [0, 0.05) is 30.7 Å². The second kappa shape index (κ2) is 6.62. The van der Waals surface area contributed by atoms with E-state index >= 15 is 0 Å². The van der Waals surface area contributed by atoms with Crippen molar-refractivity contribution in [2.24, 2.45) is 0 Å². The van der Waals surface area contributed by atoms with Crippen LogP contribution in [-0.4, -0.2) is 36.5 Å². The molecule has 1 N–H and O–H groups in total. The Labute approximate surface area is 123 Å². The van der Waals surface area contributed by atoms with Gasteiger partial charge in [-0.3, -0.25) is 4.79 Å². The smallest absolute Gasteiger partial charge is 0.255 e. The van der Waals surface area contributed by atoms with Crippen LogP contribution in [0, 0.1) is 0 Å². The van der Waals surface area contributed by atoms with Crippen molar-refractivity contribution in [3.05, 3.63) is 33.8 Å². The van der Waals surface area contributed by atoms with Gasteiger partial charge in [-0.2, -0.15) is 0 Å². The van der Waals surface area contributed by atoms with Gasteiger partial charge >= 0.3 is 0 Å². The third kappa shape index (κ3) is 3.51. The number of halogens is 3. The Kier molecular flexibility index (Phi) is 5.73. The number of nitrogens with zero attached hydrogens (tertiary/aromatic N) is 1. The second-order valence-electron chi connectivity index (χ2n) is 4.23. The van der Waals surface area contributed by atoms with E-state index in [1.54, 1.807) is 23.1 Å². The van der Waals surface area contributed by atoms with E-state index in [0.717, 1.165) is 6.54 Å². The first-order chi connectivity index (χ1) is 8.08. The number of carbonyl (C=O) groups excluding carboxylic acids is 1. The van der Waals surface area contributed by atoms with Gasteiger partial charge in [0.05, 0.1) is 10.6 Å². The number of carbonyl (C=O) groups is 1. The van der Waals surface area contributed by atoms with Gasteiger partial charge in [0.15, 0.2) is 0 Å². The van der Waals surface area contributed by atoms with Crippen molar-refractivity contribution in [1.29, 1.82) is 0 Å². The van der Waals surface area contributed by atoms with E-state index in [2.05, 4.69) is 12.2 Å². The van der Waals surface area contributed by atoms with Gasteiger partial charge < -0.3 is 10.2 Å². The lowest BCUT2D eigenvalue weighted by atomic mass is 10.1. The third-order valence-corrected chi connectivity index (χ3v) is 3.38. The zero-order chi connectivity index (χ0) is 12.4. The third-order valence-electron chi connectivity index (χ3n) is 2.81. The number of piperazine rings is 1. The van der Waals surface area contributed by atoms with Gasteiger partial charge in [0.25, 0.3) is 5.91 Å². The molecule has 1 aromatic rings. The monoisotopic (exact) mass is 308 g/mol. The molecule has 6 heteroatoms. The minimum Gasteiger partial charge on any atom is -0.336 e. The summed E-state index contributed by atoms with van der Waals surface area (Å²) >= 11 is 11.9. The number of benzene rings is 1. The molecule has 1 atom stereocenters. The maximum absolute atomic E-state index is 12.3. The quantitative estimate of drug-likeness (QED) is 0.865. The average molecular weight is 310 g/mol. The molecule has 3 nitrogen and oxygen atoms in total. The number of hydrogen-bond donors (Lipinski definition) is 1. The first kappa shape index (κ1) is 15.6. The van der Waals surface area contributed by atoms with Crippen LogP contribution in [0.25, 0.3) is 0 Å². The molecule has 1 fully saturated rings. The second-order valence-corrected chi connectivity index (χ2v) is 5.07. The summed E-state index contributed by atoms with van der Waals surface area (Å²) in [5.41, 5.74) is 0.480. The Bertz CT molecular complexity index is 439. The van der Waals surface area contributed by atoms with E-state index in [1.165, 1.54) is 0 Å². The van der Waals surface area contributed by atoms with Crippen LogP contribution in [0.2, 0.25) is 10.0 Å². The van der Waals surface area contributed by atoms with Gasteiger partial charge in [-0.15, -0.1) is 12.4 Å². The lowest BCUT2D eigenvalue weighted by Gasteiger charge is -2.32. The first-order valence-corrected chi connectivity index (χ1v) is 6.31. The lowest BCUT2D eigenvalue weighted by molar-refractivity contribution is 0.0709. The van der Waals surface area contributed by atoms with Gasteiger partial charge in [-0.25, -0.2) is 0 Å². The van der Waals surface area contributed by atoms with Crippen LogP contribution in [0.1, 0.15) is 17.3 Å². The summed E-state index contributed by atoms with van der Waals surface area (Å²) in [6.07, 6.45) is 0. The summed E-state index contributed by atoms with van der Waals surface area (Å²) < 4.78 is 0. The molecule has 0 bridgehead atoms. The predicted octanol–water partition coefficient (Wildman–Crippen LogP) is 2.85. The van der Waals surface area contributed by atoms with Gasteiger partial charge in [0.1, 0.15) is 0 Å². The van der Waals surface area contributed by atoms with Crippen molar-refractivity contribution in [2.75, 3.05) is 19.6 Å². The molecule has 2 rings (SSSR count). The number of hydrogen-bond acceptors (Lipinski definition) is 2. The zero-order valence-electron chi connectivity index (χ0n) is 9.95. The minimum absolute atomic E-state index is 0. The fourth-order valence-electron chi connectivity index (χ4n) is 1.95. The molecule has 1 heterocycles. The van der Waals surface area contributed by atoms with Crippen LogP contribution in [0.4, 0.5) is 0 Å². The summed E-state index contributed by atoms with van der Waals surface area (Å²) in [5, 5.41) is 4.27. The van der Waals surface area contributed by atoms with Gasteiger partial charge in [-0.1, -0.05) is 23.2 Å². The summed E-state index contributed by atoms with van der Waals surface area (Å²) in [6.45, 7) is 4.26. The molecule has 100 valence electrons. The molecule has 1 amide bonds. The summed E-state index contributed by atoms with van der Waals surface area (Å²) in [7, 11) is 0. The van der Waals surface area contributed by atoms with Crippen LogP contribution in [0.3, 0.4) is 0 Å². The normalized spacial score (nSPS) is 19.3. The Balaban J connectivity index is 0.00000162. The zero-order valence-corrected chi connectivity index (χ0v) is 12.3. The Morgan fingerprint density at radius 2 is 2.17 bits per heavy atom. The molecule has 1 aliphatic rings. The van der Waals surface area contributed by atoms with Crippen molar-refractivity contribution in [3.8, 4) is 0 Å². The summed E-state index contributed by atoms with van der Waals surface area (Å²) in [4.78, 5) is 14.1. The molecule has 1 aromatic carbocycles. The van der Waals surface area contributed by atoms with Crippen LogP contribution in [0.5, 0.6) is 0 Å². The van der Waals surface area contributed by atoms with Crippen molar-refractivity contribution in [2.45, 2.75) is 13.0 Å². The largest absolute Gasteiger partial charge is 0.336 e. The van der Waals surface area contributed by atoms with E-state index in [4.69, 9.17) is 23.2 Å². The van der Waals surface area contributed by atoms with Crippen LogP contribution in [-0.2, 0) is 0 Å². The Hall–Kier alpha value is -0.480. The molecule has 0 spiro atoms. The van der Waals surface area contributed by atoms with Gasteiger partial charge in [0.2, 0.25) is 0 Å². The molecule has 18 heavy (non-hydrogen) atoms. The SMILES string of the molecule is C[C@@H]1CN(C(=O)c2cc(Cl)ccc2Cl)CCN1.Cl. The number of nitrogens with one attached hydrogen (secondary N) is 1. The highest BCUT2D eigenvalue weighted by atomic mass is 35.5. The molecule has 0 saturated carbocycles. The summed E-state index contributed by atoms with van der Waals surface area (Å²) in [6, 6.07) is 5.27. The first-order valence-electron chi connectivity index (χ1n) is 5.55. The van der Waals surface area contributed by atoms with E-state index in [1.807, 2.05) is 0 Å². The van der Waals surface area contributed by atoms with E-state index < -0.39 is 0 Å². The number of amides is 1. The molecular formula is C12H15Cl3N2O. The van der Waals surface area contributed by atoms with Crippen molar-refractivity contribution < 1.29 is 4.79 Å². The standard InChI is InChI=1S/C12H14Cl2N2O.ClH/c1-8-7-16(5-4-15-8)12(17)10-6-9(13)2-3-11(10)14;/h2-3,6,8,15H,4-5,7H2,1H3;1H/t8-;/m1./s1. The minimum atomic E-state index is -0.0501. The molecule has 0 radical (unpaired) electrons. The fraction of sp³-hybridized carbons (Fsp3) is 0.417. The lowest BCUT2D eigenvalue weighted by Crippen LogP contribution is -2.51. The predicted molar refractivity (Wildman–Crippen MR) is 77.1 cm³/mol. The molecular weight excluding hydrogens is 295 g/mol. The highest BCUT2D eigenvalue weighted by Gasteiger charge is 2.23. The molecule has 1 aliphatic heterocycles. The summed E-state index contributed by atoms with van der Waals surface area (Å²) in [5.74, 6) is -0.0501. The molecule has 0 aliphatic carbocycles. The average Bonchev–Trinajstić information content (AvgIpc) is 2.31. The van der Waals surface area contributed by atoms with E-state index in [-0.39, 0.29) is 18.3 Å². The van der Waals surface area contributed by atoms with Crippen molar-refractivity contribution in [3.63, 3.8) is 0 Å². The highest BCUT2D eigenvalue weighted by Crippen LogP contribution is 2.22. The van der Waals surface area contributed by atoms with Crippen molar-refractivity contribution in [1.82, 2.24) is 10.2 Å². The number of rotatable bonds is 1. The highest BCUT2D eigenvalue weighted by molar-refractivity contribution is 6.35. The van der Waals surface area contributed by atoms with E-state index in [9.17, 15) is 4.79 Å². The van der Waals surface area contributed by atoms with Crippen molar-refractivity contribution >= 4 is 41.5 Å². The maximum atomic E-state index is 12.3. The van der Waals surface area contributed by atoms with Crippen LogP contribution >= 0.6 is 35.6 Å². The van der Waals surface area contributed by atoms with Crippen LogP contribution < -0.4 is 5.32 Å². The van der Waals surface area contributed by atoms with Gasteiger partial charge in [-0.05, 0) is 25.1 Å². The van der Waals surface area contributed by atoms with E-state index in [0.29, 0.717) is 34.7 Å². The topological polar surface area (TPSA) is 32.3 Å². The maximum Gasteiger partial charge on any atom is 0.255 e. The molecule has 0 aromatic heterocycles. The van der Waals surface area contributed by atoms with Crippen LogP contribution in [0.15, 0.2) is 18.2 Å². The Morgan fingerprint density at radius 1 is 1.44 bits per heavy atom. The molecule has 0 unspecified atom stereocenters. The molecule has 1 saturated heterocycles.